The van der Waals surface area contributed by atoms with Crippen molar-refractivity contribution in [2.24, 2.45) is 11.8 Å². The van der Waals surface area contributed by atoms with E-state index in [1.54, 1.807) is 0 Å². The number of amides is 2. The second-order valence-electron chi connectivity index (χ2n) is 5.99. The number of nitrogens with one attached hydrogen (secondary N) is 2. The molecule has 0 heterocycles. The minimum Gasteiger partial charge on any atom is -0.356 e. The van der Waals surface area contributed by atoms with Gasteiger partial charge >= 0.3 is 0 Å². The Morgan fingerprint density at radius 3 is 2.36 bits per heavy atom. The Kier molecular flexibility index (Phi) is 5.99. The molecule has 2 atom stereocenters. The molecule has 4 heteroatoms. The Hall–Kier alpha value is -1.84. The highest BCUT2D eigenvalue weighted by molar-refractivity contribution is 5.99. The summed E-state index contributed by atoms with van der Waals surface area (Å²) in [6.07, 6.45) is 4.93. The van der Waals surface area contributed by atoms with Gasteiger partial charge in [0.05, 0.1) is 11.8 Å². The van der Waals surface area contributed by atoms with E-state index in [-0.39, 0.29) is 23.7 Å². The van der Waals surface area contributed by atoms with Crippen LogP contribution in [0.3, 0.4) is 0 Å². The smallest absolute Gasteiger partial charge is 0.228 e. The lowest BCUT2D eigenvalue weighted by Crippen LogP contribution is -2.28. The van der Waals surface area contributed by atoms with E-state index in [9.17, 15) is 9.59 Å². The van der Waals surface area contributed by atoms with Crippen molar-refractivity contribution in [1.29, 1.82) is 0 Å². The van der Waals surface area contributed by atoms with Crippen molar-refractivity contribution in [2.45, 2.75) is 46.0 Å². The molecule has 2 N–H and O–H groups in total. The topological polar surface area (TPSA) is 58.2 Å². The molecule has 0 bridgehead atoms. The van der Waals surface area contributed by atoms with E-state index in [4.69, 9.17) is 0 Å². The van der Waals surface area contributed by atoms with E-state index in [0.29, 0.717) is 6.42 Å². The first-order chi connectivity index (χ1) is 10.7. The molecule has 2 unspecified atom stereocenters. The number of benzene rings is 1. The lowest BCUT2D eigenvalue weighted by atomic mass is 10.1. The maximum absolute atomic E-state index is 12.1. The lowest BCUT2D eigenvalue weighted by Gasteiger charge is -2.06. The highest BCUT2D eigenvalue weighted by Gasteiger charge is 2.47. The molecule has 1 aromatic rings. The van der Waals surface area contributed by atoms with Gasteiger partial charge in [0.2, 0.25) is 11.8 Å². The van der Waals surface area contributed by atoms with Crippen molar-refractivity contribution in [3.63, 3.8) is 0 Å². The Morgan fingerprint density at radius 2 is 1.73 bits per heavy atom. The molecule has 1 aliphatic carbocycles. The summed E-state index contributed by atoms with van der Waals surface area (Å²) in [6.45, 7) is 4.95. The monoisotopic (exact) mass is 302 g/mol. The van der Waals surface area contributed by atoms with Gasteiger partial charge in [-0.1, -0.05) is 38.8 Å². The van der Waals surface area contributed by atoms with E-state index in [0.717, 1.165) is 37.9 Å². The minimum atomic E-state index is -0.169. The Balaban J connectivity index is 1.74. The predicted octanol–water partition coefficient (Wildman–Crippen LogP) is 3.13. The van der Waals surface area contributed by atoms with Gasteiger partial charge in [-0.05, 0) is 37.0 Å². The maximum atomic E-state index is 12.1. The highest BCUT2D eigenvalue weighted by atomic mass is 16.2. The zero-order valence-corrected chi connectivity index (χ0v) is 13.5. The van der Waals surface area contributed by atoms with E-state index in [1.807, 2.05) is 24.3 Å². The minimum absolute atomic E-state index is 0.0255. The zero-order valence-electron chi connectivity index (χ0n) is 13.5. The summed E-state index contributed by atoms with van der Waals surface area (Å²) in [6, 6.07) is 7.86. The van der Waals surface area contributed by atoms with Gasteiger partial charge in [-0.2, -0.15) is 0 Å². The molecule has 1 aliphatic rings. The quantitative estimate of drug-likeness (QED) is 0.725. The third kappa shape index (κ3) is 4.58. The van der Waals surface area contributed by atoms with Crippen LogP contribution in [0.5, 0.6) is 0 Å². The van der Waals surface area contributed by atoms with Crippen molar-refractivity contribution in [3.05, 3.63) is 29.8 Å². The van der Waals surface area contributed by atoms with Crippen LogP contribution in [-0.2, 0) is 16.0 Å². The van der Waals surface area contributed by atoms with E-state index >= 15 is 0 Å². The van der Waals surface area contributed by atoms with Crippen molar-refractivity contribution in [3.8, 4) is 0 Å². The van der Waals surface area contributed by atoms with Gasteiger partial charge < -0.3 is 10.6 Å². The summed E-state index contributed by atoms with van der Waals surface area (Å²) in [7, 11) is 0. The molecule has 120 valence electrons. The van der Waals surface area contributed by atoms with Crippen molar-refractivity contribution in [1.82, 2.24) is 5.32 Å². The molecule has 0 radical (unpaired) electrons. The summed E-state index contributed by atoms with van der Waals surface area (Å²) in [4.78, 5) is 24.1. The third-order valence-corrected chi connectivity index (χ3v) is 4.17. The molecule has 1 saturated carbocycles. The van der Waals surface area contributed by atoms with Gasteiger partial charge in [0, 0.05) is 12.2 Å². The van der Waals surface area contributed by atoms with E-state index in [1.165, 1.54) is 5.56 Å². The normalized spacial score (nSPS) is 19.5. The summed E-state index contributed by atoms with van der Waals surface area (Å²) in [5.41, 5.74) is 2.05. The number of anilines is 1. The molecule has 0 spiro atoms. The number of carbonyl (C=O) groups is 2. The SMILES string of the molecule is CCCCCNC(=O)C1CC1C(=O)Nc1ccc(CC)cc1. The number of aryl methyl sites for hydroxylation is 1. The largest absolute Gasteiger partial charge is 0.356 e. The standard InChI is InChI=1S/C18H26N2O2/c1-3-5-6-11-19-17(21)15-12-16(15)18(22)20-14-9-7-13(4-2)8-10-14/h7-10,15-16H,3-6,11-12H2,1-2H3,(H,19,21)(H,20,22). The van der Waals surface area contributed by atoms with Crippen LogP contribution >= 0.6 is 0 Å². The van der Waals surface area contributed by atoms with Crippen LogP contribution in [0.1, 0.15) is 45.1 Å². The second kappa shape index (κ2) is 7.97. The molecular formula is C18H26N2O2. The molecule has 1 fully saturated rings. The molecular weight excluding hydrogens is 276 g/mol. The molecule has 0 saturated heterocycles. The van der Waals surface area contributed by atoms with Crippen LogP contribution < -0.4 is 10.6 Å². The fraction of sp³-hybridized carbons (Fsp3) is 0.556. The summed E-state index contributed by atoms with van der Waals surface area (Å²) in [5.74, 6) is -0.330. The number of rotatable bonds is 8. The van der Waals surface area contributed by atoms with Gasteiger partial charge in [-0.15, -0.1) is 0 Å². The molecule has 2 rings (SSSR count). The molecule has 1 aromatic carbocycles. The van der Waals surface area contributed by atoms with Crippen LogP contribution in [0.4, 0.5) is 5.69 Å². The molecule has 0 aliphatic heterocycles. The van der Waals surface area contributed by atoms with E-state index < -0.39 is 0 Å². The Labute approximate surface area is 132 Å². The summed E-state index contributed by atoms with van der Waals surface area (Å²) >= 11 is 0. The highest BCUT2D eigenvalue weighted by Crippen LogP contribution is 2.39. The number of hydrogen-bond donors (Lipinski definition) is 2. The average molecular weight is 302 g/mol. The van der Waals surface area contributed by atoms with Crippen LogP contribution in [-0.4, -0.2) is 18.4 Å². The first-order valence-corrected chi connectivity index (χ1v) is 8.33. The zero-order chi connectivity index (χ0) is 15.9. The molecule has 0 aromatic heterocycles. The van der Waals surface area contributed by atoms with Crippen LogP contribution in [0.2, 0.25) is 0 Å². The Bertz CT molecular complexity index is 510. The fourth-order valence-corrected chi connectivity index (χ4v) is 2.55. The number of hydrogen-bond acceptors (Lipinski definition) is 2. The van der Waals surface area contributed by atoms with E-state index in [2.05, 4.69) is 24.5 Å². The molecule has 4 nitrogen and oxygen atoms in total. The fourth-order valence-electron chi connectivity index (χ4n) is 2.55. The first-order valence-electron chi connectivity index (χ1n) is 8.33. The molecule has 22 heavy (non-hydrogen) atoms. The van der Waals surface area contributed by atoms with Crippen molar-refractivity contribution in [2.75, 3.05) is 11.9 Å². The van der Waals surface area contributed by atoms with Gasteiger partial charge in [-0.25, -0.2) is 0 Å². The van der Waals surface area contributed by atoms with Crippen LogP contribution in [0, 0.1) is 11.8 Å². The van der Waals surface area contributed by atoms with Gasteiger partial charge in [0.15, 0.2) is 0 Å². The second-order valence-corrected chi connectivity index (χ2v) is 5.99. The Morgan fingerprint density at radius 1 is 1.05 bits per heavy atom. The predicted molar refractivity (Wildman–Crippen MR) is 88.6 cm³/mol. The lowest BCUT2D eigenvalue weighted by molar-refractivity contribution is -0.125. The first kappa shape index (κ1) is 16.5. The number of carbonyl (C=O) groups excluding carboxylic acids is 2. The van der Waals surface area contributed by atoms with Gasteiger partial charge in [-0.3, -0.25) is 9.59 Å². The average Bonchev–Trinajstić information content (AvgIpc) is 3.33. The van der Waals surface area contributed by atoms with Crippen molar-refractivity contribution >= 4 is 17.5 Å². The molecule has 2 amide bonds. The third-order valence-electron chi connectivity index (χ3n) is 4.17. The van der Waals surface area contributed by atoms with Crippen LogP contribution in [0.25, 0.3) is 0 Å². The maximum Gasteiger partial charge on any atom is 0.228 e. The van der Waals surface area contributed by atoms with Gasteiger partial charge in [0.1, 0.15) is 0 Å². The summed E-state index contributed by atoms with van der Waals surface area (Å²) < 4.78 is 0. The van der Waals surface area contributed by atoms with Gasteiger partial charge in [0.25, 0.3) is 0 Å². The van der Waals surface area contributed by atoms with Crippen molar-refractivity contribution < 1.29 is 9.59 Å². The van der Waals surface area contributed by atoms with Crippen LogP contribution in [0.15, 0.2) is 24.3 Å². The number of unbranched alkanes of at least 4 members (excludes halogenated alkanes) is 2. The summed E-state index contributed by atoms with van der Waals surface area (Å²) in [5, 5.41) is 5.82.